The third kappa shape index (κ3) is 2.48. The fourth-order valence-corrected chi connectivity index (χ4v) is 4.63. The summed E-state index contributed by atoms with van der Waals surface area (Å²) in [5.41, 5.74) is 1.52. The summed E-state index contributed by atoms with van der Waals surface area (Å²) in [6.45, 7) is 1.84. The summed E-state index contributed by atoms with van der Waals surface area (Å²) in [7, 11) is -3.26. The highest BCUT2D eigenvalue weighted by atomic mass is 79.9. The number of benzene rings is 1. The lowest BCUT2D eigenvalue weighted by atomic mass is 10.2. The van der Waals surface area contributed by atoms with E-state index in [1.165, 1.54) is 0 Å². The number of fused-ring (bicyclic) bond motifs is 1. The van der Waals surface area contributed by atoms with Crippen LogP contribution in [0.1, 0.15) is 12.0 Å². The molecule has 2 N–H and O–H groups in total. The number of halogens is 1. The monoisotopic (exact) mass is 319 g/mol. The zero-order valence-electron chi connectivity index (χ0n) is 9.40. The molecule has 0 aliphatic carbocycles. The Balaban J connectivity index is 2.53. The van der Waals surface area contributed by atoms with Crippen LogP contribution in [-0.4, -0.2) is 31.9 Å². The van der Waals surface area contributed by atoms with Crippen LogP contribution >= 0.6 is 15.9 Å². The molecule has 0 saturated carbocycles. The van der Waals surface area contributed by atoms with E-state index < -0.39 is 9.84 Å². The molecular formula is C11H14BrNO3S. The largest absolute Gasteiger partial charge is 0.396 e. The quantitative estimate of drug-likeness (QED) is 0.871. The molecule has 94 valence electrons. The van der Waals surface area contributed by atoms with Gasteiger partial charge in [-0.05, 0) is 47.0 Å². The van der Waals surface area contributed by atoms with Crippen molar-refractivity contribution in [1.29, 1.82) is 0 Å². The van der Waals surface area contributed by atoms with Crippen molar-refractivity contribution >= 4 is 31.5 Å². The molecule has 0 bridgehead atoms. The lowest BCUT2D eigenvalue weighted by Crippen LogP contribution is -2.35. The van der Waals surface area contributed by atoms with Crippen molar-refractivity contribution < 1.29 is 13.5 Å². The van der Waals surface area contributed by atoms with Gasteiger partial charge in [0, 0.05) is 17.1 Å². The number of aliphatic hydroxyl groups is 1. The molecule has 1 atom stereocenters. The van der Waals surface area contributed by atoms with Gasteiger partial charge in [-0.1, -0.05) is 0 Å². The van der Waals surface area contributed by atoms with Crippen LogP contribution < -0.4 is 5.32 Å². The standard InChI is InChI=1S/C11H14BrNO3S/c1-7-4-9(12)11-10(5-7)17(15,16)6-8(13-11)2-3-14/h4-5,8,13-14H,2-3,6H2,1H3. The van der Waals surface area contributed by atoms with Crippen molar-refractivity contribution in [2.45, 2.75) is 24.3 Å². The van der Waals surface area contributed by atoms with E-state index in [1.807, 2.05) is 13.0 Å². The van der Waals surface area contributed by atoms with Crippen molar-refractivity contribution in [3.8, 4) is 0 Å². The normalized spacial score (nSPS) is 21.7. The first-order chi connectivity index (χ1) is 7.94. The van der Waals surface area contributed by atoms with Crippen LogP contribution in [0.25, 0.3) is 0 Å². The number of anilines is 1. The molecule has 0 saturated heterocycles. The van der Waals surface area contributed by atoms with Crippen LogP contribution in [0.15, 0.2) is 21.5 Å². The highest BCUT2D eigenvalue weighted by Crippen LogP contribution is 2.36. The molecule has 1 aliphatic heterocycles. The van der Waals surface area contributed by atoms with E-state index in [1.54, 1.807) is 6.07 Å². The maximum atomic E-state index is 12.1. The van der Waals surface area contributed by atoms with E-state index in [4.69, 9.17) is 5.11 Å². The molecule has 0 amide bonds. The van der Waals surface area contributed by atoms with Crippen molar-refractivity contribution in [2.24, 2.45) is 0 Å². The molecule has 1 aromatic rings. The molecule has 4 nitrogen and oxygen atoms in total. The number of nitrogens with one attached hydrogen (secondary N) is 1. The summed E-state index contributed by atoms with van der Waals surface area (Å²) in [6.07, 6.45) is 0.430. The minimum absolute atomic E-state index is 0.0218. The Morgan fingerprint density at radius 3 is 2.88 bits per heavy atom. The number of hydrogen-bond acceptors (Lipinski definition) is 4. The maximum Gasteiger partial charge on any atom is 0.182 e. The topological polar surface area (TPSA) is 66.4 Å². The maximum absolute atomic E-state index is 12.1. The van der Waals surface area contributed by atoms with Crippen LogP contribution in [0.3, 0.4) is 0 Å². The molecule has 1 heterocycles. The summed E-state index contributed by atoms with van der Waals surface area (Å²) >= 11 is 3.37. The Bertz CT molecular complexity index is 542. The Morgan fingerprint density at radius 1 is 1.53 bits per heavy atom. The van der Waals surface area contributed by atoms with E-state index in [0.29, 0.717) is 17.0 Å². The van der Waals surface area contributed by atoms with Gasteiger partial charge in [0.25, 0.3) is 0 Å². The van der Waals surface area contributed by atoms with Gasteiger partial charge in [-0.15, -0.1) is 0 Å². The Kier molecular flexibility index (Phi) is 3.47. The van der Waals surface area contributed by atoms with Gasteiger partial charge in [-0.25, -0.2) is 8.42 Å². The van der Waals surface area contributed by atoms with Crippen LogP contribution in [-0.2, 0) is 9.84 Å². The molecule has 0 spiro atoms. The summed E-state index contributed by atoms with van der Waals surface area (Å²) in [5, 5.41) is 12.1. The SMILES string of the molecule is Cc1cc(Br)c2c(c1)S(=O)(=O)CC(CCO)N2. The summed E-state index contributed by atoms with van der Waals surface area (Å²) < 4.78 is 25.0. The third-order valence-corrected chi connectivity index (χ3v) is 5.24. The minimum atomic E-state index is -3.26. The summed E-state index contributed by atoms with van der Waals surface area (Å²) in [4.78, 5) is 0.346. The molecule has 17 heavy (non-hydrogen) atoms. The fraction of sp³-hybridized carbons (Fsp3) is 0.455. The van der Waals surface area contributed by atoms with Crippen molar-refractivity contribution in [1.82, 2.24) is 0 Å². The zero-order valence-corrected chi connectivity index (χ0v) is 11.8. The predicted octanol–water partition coefficient (Wildman–Crippen LogP) is 1.71. The Labute approximate surface area is 109 Å². The molecule has 1 aliphatic rings. The van der Waals surface area contributed by atoms with Crippen LogP contribution in [0.5, 0.6) is 0 Å². The first-order valence-corrected chi connectivity index (χ1v) is 7.79. The molecule has 0 aromatic heterocycles. The van der Waals surface area contributed by atoms with Gasteiger partial charge in [0.05, 0.1) is 16.3 Å². The Morgan fingerprint density at radius 2 is 2.24 bits per heavy atom. The van der Waals surface area contributed by atoms with E-state index in [-0.39, 0.29) is 18.4 Å². The first-order valence-electron chi connectivity index (χ1n) is 5.34. The second-order valence-electron chi connectivity index (χ2n) is 4.25. The van der Waals surface area contributed by atoms with Gasteiger partial charge in [-0.2, -0.15) is 0 Å². The number of hydrogen-bond donors (Lipinski definition) is 2. The van der Waals surface area contributed by atoms with Gasteiger partial charge in [0.15, 0.2) is 9.84 Å². The minimum Gasteiger partial charge on any atom is -0.396 e. The van der Waals surface area contributed by atoms with E-state index >= 15 is 0 Å². The van der Waals surface area contributed by atoms with Crippen molar-refractivity contribution in [3.63, 3.8) is 0 Å². The highest BCUT2D eigenvalue weighted by Gasteiger charge is 2.31. The van der Waals surface area contributed by atoms with Crippen molar-refractivity contribution in [3.05, 3.63) is 22.2 Å². The smallest absolute Gasteiger partial charge is 0.182 e. The zero-order chi connectivity index (χ0) is 12.6. The number of aryl methyl sites for hydroxylation is 1. The first kappa shape index (κ1) is 12.9. The molecule has 0 radical (unpaired) electrons. The molecule has 1 unspecified atom stereocenters. The molecule has 0 fully saturated rings. The number of aliphatic hydroxyl groups excluding tert-OH is 1. The third-order valence-electron chi connectivity index (χ3n) is 2.78. The second kappa shape index (κ2) is 4.59. The molecule has 1 aromatic carbocycles. The second-order valence-corrected chi connectivity index (χ2v) is 7.11. The predicted molar refractivity (Wildman–Crippen MR) is 70.0 cm³/mol. The van der Waals surface area contributed by atoms with E-state index in [9.17, 15) is 8.42 Å². The van der Waals surface area contributed by atoms with Gasteiger partial charge in [0.2, 0.25) is 0 Å². The highest BCUT2D eigenvalue weighted by molar-refractivity contribution is 9.10. The van der Waals surface area contributed by atoms with E-state index in [2.05, 4.69) is 21.2 Å². The van der Waals surface area contributed by atoms with Crippen LogP contribution in [0.4, 0.5) is 5.69 Å². The lowest BCUT2D eigenvalue weighted by Gasteiger charge is -2.27. The summed E-state index contributed by atoms with van der Waals surface area (Å²) in [5.74, 6) is 0.0381. The average Bonchev–Trinajstić information content (AvgIpc) is 2.20. The van der Waals surface area contributed by atoms with Crippen LogP contribution in [0.2, 0.25) is 0 Å². The molecule has 2 rings (SSSR count). The van der Waals surface area contributed by atoms with Gasteiger partial charge >= 0.3 is 0 Å². The number of rotatable bonds is 2. The summed E-state index contributed by atoms with van der Waals surface area (Å²) in [6, 6.07) is 3.33. The molecular weight excluding hydrogens is 306 g/mol. The van der Waals surface area contributed by atoms with E-state index in [0.717, 1.165) is 10.0 Å². The van der Waals surface area contributed by atoms with Gasteiger partial charge in [0.1, 0.15) is 0 Å². The van der Waals surface area contributed by atoms with Gasteiger partial charge < -0.3 is 10.4 Å². The number of sulfone groups is 1. The molecule has 6 heteroatoms. The van der Waals surface area contributed by atoms with Crippen LogP contribution in [0, 0.1) is 6.92 Å². The van der Waals surface area contributed by atoms with Gasteiger partial charge in [-0.3, -0.25) is 0 Å². The van der Waals surface area contributed by atoms with Crippen molar-refractivity contribution in [2.75, 3.05) is 17.7 Å². The Hall–Kier alpha value is -0.590. The average molecular weight is 320 g/mol. The fourth-order valence-electron chi connectivity index (χ4n) is 2.01. The lowest BCUT2D eigenvalue weighted by molar-refractivity contribution is 0.282.